The zero-order valence-corrected chi connectivity index (χ0v) is 7.88. The van der Waals surface area contributed by atoms with Crippen LogP contribution in [0.5, 0.6) is 0 Å². The second kappa shape index (κ2) is 3.54. The Morgan fingerprint density at radius 3 is 2.36 bits per heavy atom. The molecule has 0 amide bonds. The summed E-state index contributed by atoms with van der Waals surface area (Å²) in [4.78, 5) is 2.28. The molecule has 1 fully saturated rings. The Kier molecular flexibility index (Phi) is 2.90. The summed E-state index contributed by atoms with van der Waals surface area (Å²) < 4.78 is 20.6. The summed E-state index contributed by atoms with van der Waals surface area (Å²) in [5.41, 5.74) is 0. The van der Waals surface area contributed by atoms with Gasteiger partial charge in [-0.05, 0) is 19.8 Å². The van der Waals surface area contributed by atoms with Gasteiger partial charge in [-0.2, -0.15) is 0 Å². The van der Waals surface area contributed by atoms with Crippen LogP contribution in [-0.2, 0) is 10.7 Å². The molecule has 3 nitrogen and oxygen atoms in total. The van der Waals surface area contributed by atoms with Crippen LogP contribution in [0.25, 0.3) is 0 Å². The van der Waals surface area contributed by atoms with Crippen LogP contribution in [-0.4, -0.2) is 38.2 Å². The van der Waals surface area contributed by atoms with Gasteiger partial charge >= 0.3 is 0 Å². The summed E-state index contributed by atoms with van der Waals surface area (Å²) >= 11 is 0. The Bertz CT molecular complexity index is 187. The highest BCUT2D eigenvalue weighted by Gasteiger charge is 2.28. The molecule has 1 saturated heterocycles. The molecular formula is C7H15NO2S. The maximum atomic E-state index is 10.3. The molecule has 0 aromatic heterocycles. The lowest BCUT2D eigenvalue weighted by Crippen LogP contribution is -2.51. The van der Waals surface area contributed by atoms with Gasteiger partial charge in [0, 0.05) is 19.1 Å². The number of likely N-dealkylation sites (tertiary alicyclic amines) is 1. The standard InChI is InChI=1S/C7H15NO2S/c1-6(2)8-3-7(4-8)5-11(9)10/h6-7,11H,3-5H2,1-2H3. The predicted octanol–water partition coefficient (Wildman–Crippen LogP) is -0.0620. The minimum atomic E-state index is -2.16. The van der Waals surface area contributed by atoms with Gasteiger partial charge in [0.05, 0.1) is 5.75 Å². The van der Waals surface area contributed by atoms with E-state index in [9.17, 15) is 8.42 Å². The summed E-state index contributed by atoms with van der Waals surface area (Å²) in [6, 6.07) is 0.566. The highest BCUT2D eigenvalue weighted by Crippen LogP contribution is 2.17. The zero-order valence-electron chi connectivity index (χ0n) is 6.99. The zero-order chi connectivity index (χ0) is 8.43. The van der Waals surface area contributed by atoms with Crippen LogP contribution in [0.2, 0.25) is 0 Å². The van der Waals surface area contributed by atoms with Crippen molar-refractivity contribution < 1.29 is 8.42 Å². The van der Waals surface area contributed by atoms with Crippen molar-refractivity contribution in [3.05, 3.63) is 0 Å². The monoisotopic (exact) mass is 177 g/mol. The Morgan fingerprint density at radius 1 is 1.45 bits per heavy atom. The van der Waals surface area contributed by atoms with Gasteiger partial charge in [-0.15, -0.1) is 0 Å². The molecule has 0 aromatic carbocycles. The first-order chi connectivity index (χ1) is 5.09. The Hall–Kier alpha value is -0.0900. The smallest absolute Gasteiger partial charge is 0.140 e. The molecule has 4 heteroatoms. The summed E-state index contributed by atoms with van der Waals surface area (Å²) in [6.45, 7) is 6.18. The number of hydrogen-bond donors (Lipinski definition) is 1. The van der Waals surface area contributed by atoms with E-state index < -0.39 is 10.7 Å². The first kappa shape index (κ1) is 9.00. The summed E-state index contributed by atoms with van der Waals surface area (Å²) in [6.07, 6.45) is 0. The molecule has 1 aliphatic rings. The van der Waals surface area contributed by atoms with Crippen molar-refractivity contribution in [1.29, 1.82) is 0 Å². The van der Waals surface area contributed by atoms with E-state index in [0.717, 1.165) is 13.1 Å². The highest BCUT2D eigenvalue weighted by molar-refractivity contribution is 7.72. The maximum absolute atomic E-state index is 10.3. The first-order valence-electron chi connectivity index (χ1n) is 3.95. The molecule has 0 unspecified atom stereocenters. The fourth-order valence-electron chi connectivity index (χ4n) is 1.36. The largest absolute Gasteiger partial charge is 0.300 e. The van der Waals surface area contributed by atoms with Crippen molar-refractivity contribution in [2.75, 3.05) is 18.8 Å². The summed E-state index contributed by atoms with van der Waals surface area (Å²) in [5.74, 6) is 0.775. The van der Waals surface area contributed by atoms with E-state index in [4.69, 9.17) is 0 Å². The predicted molar refractivity (Wildman–Crippen MR) is 45.4 cm³/mol. The lowest BCUT2D eigenvalue weighted by atomic mass is 10.0. The normalized spacial score (nSPS) is 21.1. The van der Waals surface area contributed by atoms with Gasteiger partial charge in [-0.1, -0.05) is 0 Å². The van der Waals surface area contributed by atoms with Gasteiger partial charge < -0.3 is 4.90 Å². The molecule has 0 spiro atoms. The third-order valence-electron chi connectivity index (χ3n) is 2.12. The lowest BCUT2D eigenvalue weighted by molar-refractivity contribution is 0.0807. The molecular weight excluding hydrogens is 162 g/mol. The van der Waals surface area contributed by atoms with E-state index in [0.29, 0.717) is 17.7 Å². The van der Waals surface area contributed by atoms with Crippen molar-refractivity contribution in [3.8, 4) is 0 Å². The topological polar surface area (TPSA) is 37.4 Å². The molecule has 66 valence electrons. The molecule has 11 heavy (non-hydrogen) atoms. The Labute approximate surface area is 69.3 Å². The van der Waals surface area contributed by atoms with E-state index in [2.05, 4.69) is 18.7 Å². The minimum absolute atomic E-state index is 0.374. The molecule has 0 saturated carbocycles. The third kappa shape index (κ3) is 2.45. The van der Waals surface area contributed by atoms with E-state index in [1.165, 1.54) is 0 Å². The van der Waals surface area contributed by atoms with E-state index in [1.54, 1.807) is 0 Å². The Balaban J connectivity index is 2.19. The van der Waals surface area contributed by atoms with Crippen molar-refractivity contribution in [2.45, 2.75) is 19.9 Å². The van der Waals surface area contributed by atoms with Gasteiger partial charge in [0.2, 0.25) is 0 Å². The van der Waals surface area contributed by atoms with Gasteiger partial charge in [-0.25, -0.2) is 8.42 Å². The number of thiol groups is 1. The number of rotatable bonds is 3. The van der Waals surface area contributed by atoms with Crippen LogP contribution >= 0.6 is 0 Å². The average molecular weight is 177 g/mol. The van der Waals surface area contributed by atoms with Crippen LogP contribution in [0, 0.1) is 5.92 Å². The third-order valence-corrected chi connectivity index (χ3v) is 2.94. The van der Waals surface area contributed by atoms with Crippen LogP contribution < -0.4 is 0 Å². The van der Waals surface area contributed by atoms with Crippen molar-refractivity contribution in [3.63, 3.8) is 0 Å². The molecule has 0 aromatic rings. The van der Waals surface area contributed by atoms with Gasteiger partial charge in [0.25, 0.3) is 0 Å². The van der Waals surface area contributed by atoms with Crippen molar-refractivity contribution in [2.24, 2.45) is 5.92 Å². The van der Waals surface area contributed by atoms with Crippen LogP contribution in [0.15, 0.2) is 0 Å². The second-order valence-corrected chi connectivity index (χ2v) is 4.46. The summed E-state index contributed by atoms with van der Waals surface area (Å²) in [5, 5.41) is 0. The number of nitrogens with zero attached hydrogens (tertiary/aromatic N) is 1. The van der Waals surface area contributed by atoms with E-state index >= 15 is 0 Å². The first-order valence-corrected chi connectivity index (χ1v) is 5.31. The molecule has 0 N–H and O–H groups in total. The maximum Gasteiger partial charge on any atom is 0.140 e. The molecule has 0 radical (unpaired) electrons. The van der Waals surface area contributed by atoms with Gasteiger partial charge in [0.15, 0.2) is 0 Å². The van der Waals surface area contributed by atoms with Gasteiger partial charge in [-0.3, -0.25) is 0 Å². The van der Waals surface area contributed by atoms with Crippen molar-refractivity contribution in [1.82, 2.24) is 4.90 Å². The molecule has 1 heterocycles. The van der Waals surface area contributed by atoms with Crippen LogP contribution in [0.3, 0.4) is 0 Å². The SMILES string of the molecule is CC(C)N1CC(C[SH](=O)=O)C1. The van der Waals surface area contributed by atoms with Crippen molar-refractivity contribution >= 4 is 10.7 Å². The second-order valence-electron chi connectivity index (χ2n) is 3.43. The highest BCUT2D eigenvalue weighted by atomic mass is 32.2. The average Bonchev–Trinajstić information content (AvgIpc) is 1.75. The lowest BCUT2D eigenvalue weighted by Gasteiger charge is -2.41. The molecule has 0 bridgehead atoms. The fourth-order valence-corrected chi connectivity index (χ4v) is 2.01. The van der Waals surface area contributed by atoms with Gasteiger partial charge in [0.1, 0.15) is 10.7 Å². The van der Waals surface area contributed by atoms with Crippen LogP contribution in [0.1, 0.15) is 13.8 Å². The number of hydrogen-bond acceptors (Lipinski definition) is 3. The fraction of sp³-hybridized carbons (Fsp3) is 1.00. The minimum Gasteiger partial charge on any atom is -0.300 e. The van der Waals surface area contributed by atoms with E-state index in [-0.39, 0.29) is 0 Å². The Morgan fingerprint density at radius 2 is 2.00 bits per heavy atom. The molecule has 0 aliphatic carbocycles. The molecule has 1 aliphatic heterocycles. The molecule has 0 atom stereocenters. The molecule has 1 rings (SSSR count). The quantitative estimate of drug-likeness (QED) is 0.614. The summed E-state index contributed by atoms with van der Waals surface area (Å²) in [7, 11) is -2.16. The van der Waals surface area contributed by atoms with E-state index in [1.807, 2.05) is 0 Å². The van der Waals surface area contributed by atoms with Crippen LogP contribution in [0.4, 0.5) is 0 Å².